The number of hydrogen-bond acceptors (Lipinski definition) is 6. The van der Waals surface area contributed by atoms with Crippen LogP contribution in [-0.4, -0.2) is 24.3 Å². The van der Waals surface area contributed by atoms with E-state index in [1.807, 2.05) is 25.2 Å². The van der Waals surface area contributed by atoms with Crippen LogP contribution < -0.4 is 14.8 Å². The molecule has 0 aliphatic rings. The van der Waals surface area contributed by atoms with Crippen LogP contribution in [0.15, 0.2) is 22.7 Å². The molecule has 0 unspecified atom stereocenters. The summed E-state index contributed by atoms with van der Waals surface area (Å²) >= 11 is 0. The van der Waals surface area contributed by atoms with Crippen LogP contribution in [0.5, 0.6) is 11.5 Å². The Morgan fingerprint density at radius 3 is 2.90 bits per heavy atom. The molecule has 1 aromatic heterocycles. The molecule has 21 heavy (non-hydrogen) atoms. The van der Waals surface area contributed by atoms with Gasteiger partial charge in [0.2, 0.25) is 0 Å². The Morgan fingerprint density at radius 1 is 1.33 bits per heavy atom. The fourth-order valence-corrected chi connectivity index (χ4v) is 2.02. The third-order valence-corrected chi connectivity index (χ3v) is 2.97. The van der Waals surface area contributed by atoms with Crippen LogP contribution in [0.25, 0.3) is 0 Å². The Bertz CT molecular complexity index is 569. The summed E-state index contributed by atoms with van der Waals surface area (Å²) in [5, 5.41) is 7.02. The molecule has 0 aliphatic carbocycles. The molecular formula is C15H21N3O3. The molecule has 0 aliphatic heterocycles. The van der Waals surface area contributed by atoms with Crippen molar-refractivity contribution in [2.75, 3.05) is 14.2 Å². The molecule has 6 nitrogen and oxygen atoms in total. The number of methoxy groups -OCH3 is 1. The number of aryl methyl sites for hydroxylation is 1. The van der Waals surface area contributed by atoms with Gasteiger partial charge in [-0.2, -0.15) is 4.98 Å². The molecule has 1 N–H and O–H groups in total. The number of nitrogens with zero attached hydrogens (tertiary/aromatic N) is 2. The molecule has 0 bridgehead atoms. The van der Waals surface area contributed by atoms with Crippen LogP contribution in [-0.2, 0) is 19.6 Å². The molecule has 0 atom stereocenters. The van der Waals surface area contributed by atoms with Crippen molar-refractivity contribution in [3.05, 3.63) is 35.5 Å². The molecule has 0 saturated carbocycles. The average Bonchev–Trinajstić information content (AvgIpc) is 2.94. The van der Waals surface area contributed by atoms with E-state index in [0.29, 0.717) is 29.8 Å². The first-order valence-corrected chi connectivity index (χ1v) is 7.03. The number of ether oxygens (including phenoxy) is 2. The highest BCUT2D eigenvalue weighted by Crippen LogP contribution is 2.31. The molecule has 2 rings (SSSR count). The average molecular weight is 291 g/mol. The maximum atomic E-state index is 5.83. The first-order valence-electron chi connectivity index (χ1n) is 7.03. The number of rotatable bonds is 8. The van der Waals surface area contributed by atoms with E-state index in [-0.39, 0.29) is 6.61 Å². The maximum Gasteiger partial charge on any atom is 0.264 e. The summed E-state index contributed by atoms with van der Waals surface area (Å²) in [6.45, 7) is 3.00. The first kappa shape index (κ1) is 15.3. The van der Waals surface area contributed by atoms with Gasteiger partial charge in [0.25, 0.3) is 5.89 Å². The minimum atomic E-state index is 0.230. The van der Waals surface area contributed by atoms with Crippen LogP contribution in [0.2, 0.25) is 0 Å². The Morgan fingerprint density at radius 2 is 2.19 bits per heavy atom. The molecule has 6 heteroatoms. The molecule has 1 aromatic carbocycles. The van der Waals surface area contributed by atoms with Crippen LogP contribution in [0.4, 0.5) is 0 Å². The van der Waals surface area contributed by atoms with Crippen LogP contribution >= 0.6 is 0 Å². The van der Waals surface area contributed by atoms with Crippen molar-refractivity contribution < 1.29 is 14.0 Å². The Balaban J connectivity index is 2.10. The topological polar surface area (TPSA) is 69.4 Å². The van der Waals surface area contributed by atoms with Gasteiger partial charge in [0.1, 0.15) is 0 Å². The highest BCUT2D eigenvalue weighted by molar-refractivity contribution is 5.46. The minimum Gasteiger partial charge on any atom is -0.493 e. The Hall–Kier alpha value is -2.08. The third-order valence-electron chi connectivity index (χ3n) is 2.97. The molecule has 0 spiro atoms. The predicted octanol–water partition coefficient (Wildman–Crippen LogP) is 2.33. The normalized spacial score (nSPS) is 10.6. The number of para-hydroxylation sites is 1. The second-order valence-corrected chi connectivity index (χ2v) is 4.62. The van der Waals surface area contributed by atoms with E-state index in [0.717, 1.165) is 18.4 Å². The van der Waals surface area contributed by atoms with E-state index in [2.05, 4.69) is 22.4 Å². The Kier molecular flexibility index (Phi) is 5.57. The van der Waals surface area contributed by atoms with Crippen LogP contribution in [0.1, 0.15) is 30.6 Å². The molecule has 0 fully saturated rings. The van der Waals surface area contributed by atoms with Crippen molar-refractivity contribution in [2.45, 2.75) is 32.9 Å². The number of aromatic nitrogens is 2. The van der Waals surface area contributed by atoms with Crippen molar-refractivity contribution in [2.24, 2.45) is 0 Å². The lowest BCUT2D eigenvalue weighted by Crippen LogP contribution is -2.08. The van der Waals surface area contributed by atoms with Crippen LogP contribution in [0, 0.1) is 0 Å². The lowest BCUT2D eigenvalue weighted by Gasteiger charge is -2.13. The number of benzene rings is 1. The zero-order valence-corrected chi connectivity index (χ0v) is 12.7. The van der Waals surface area contributed by atoms with Crippen molar-refractivity contribution in [3.8, 4) is 11.5 Å². The Labute approximate surface area is 124 Å². The zero-order valence-electron chi connectivity index (χ0n) is 12.7. The summed E-state index contributed by atoms with van der Waals surface area (Å²) < 4.78 is 16.3. The quantitative estimate of drug-likeness (QED) is 0.805. The van der Waals surface area contributed by atoms with Gasteiger partial charge in [-0.25, -0.2) is 0 Å². The van der Waals surface area contributed by atoms with Gasteiger partial charge in [0.05, 0.1) is 7.11 Å². The summed E-state index contributed by atoms with van der Waals surface area (Å²) in [5.41, 5.74) is 1.02. The van der Waals surface area contributed by atoms with E-state index < -0.39 is 0 Å². The molecule has 0 amide bonds. The maximum absolute atomic E-state index is 5.83. The summed E-state index contributed by atoms with van der Waals surface area (Å²) in [4.78, 5) is 4.29. The monoisotopic (exact) mass is 291 g/mol. The van der Waals surface area contributed by atoms with Gasteiger partial charge < -0.3 is 19.3 Å². The van der Waals surface area contributed by atoms with Gasteiger partial charge in [0, 0.05) is 18.5 Å². The smallest absolute Gasteiger partial charge is 0.264 e. The molecule has 1 heterocycles. The van der Waals surface area contributed by atoms with Crippen molar-refractivity contribution in [3.63, 3.8) is 0 Å². The molecule has 0 radical (unpaired) electrons. The second kappa shape index (κ2) is 7.64. The van der Waals surface area contributed by atoms with E-state index >= 15 is 0 Å². The molecule has 114 valence electrons. The molecule has 0 saturated heterocycles. The largest absolute Gasteiger partial charge is 0.493 e. The highest BCUT2D eigenvalue weighted by Gasteiger charge is 2.12. The third kappa shape index (κ3) is 3.95. The van der Waals surface area contributed by atoms with Crippen molar-refractivity contribution in [1.29, 1.82) is 0 Å². The fourth-order valence-electron chi connectivity index (χ4n) is 2.02. The number of hydrogen-bond donors (Lipinski definition) is 1. The molecule has 2 aromatic rings. The SMILES string of the molecule is CCCc1noc(COc2c(CNC)cccc2OC)n1. The van der Waals surface area contributed by atoms with Gasteiger partial charge in [-0.15, -0.1) is 0 Å². The lowest BCUT2D eigenvalue weighted by molar-refractivity contribution is 0.231. The second-order valence-electron chi connectivity index (χ2n) is 4.62. The standard InChI is InChI=1S/C15H21N3O3/c1-4-6-13-17-14(21-18-13)10-20-15-11(9-16-2)7-5-8-12(15)19-3/h5,7-8,16H,4,6,9-10H2,1-3H3. The van der Waals surface area contributed by atoms with Gasteiger partial charge in [-0.05, 0) is 19.5 Å². The summed E-state index contributed by atoms with van der Waals surface area (Å²) in [6.07, 6.45) is 1.79. The van der Waals surface area contributed by atoms with Gasteiger partial charge in [-0.3, -0.25) is 0 Å². The van der Waals surface area contributed by atoms with E-state index in [4.69, 9.17) is 14.0 Å². The summed E-state index contributed by atoms with van der Waals surface area (Å²) in [5.74, 6) is 2.58. The predicted molar refractivity (Wildman–Crippen MR) is 78.4 cm³/mol. The lowest BCUT2D eigenvalue weighted by atomic mass is 10.2. The molecular weight excluding hydrogens is 270 g/mol. The summed E-state index contributed by atoms with van der Waals surface area (Å²) in [7, 11) is 3.51. The van der Waals surface area contributed by atoms with E-state index in [9.17, 15) is 0 Å². The van der Waals surface area contributed by atoms with E-state index in [1.165, 1.54) is 0 Å². The minimum absolute atomic E-state index is 0.230. The van der Waals surface area contributed by atoms with Crippen molar-refractivity contribution >= 4 is 0 Å². The van der Waals surface area contributed by atoms with Crippen molar-refractivity contribution in [1.82, 2.24) is 15.5 Å². The number of nitrogens with one attached hydrogen (secondary N) is 1. The fraction of sp³-hybridized carbons (Fsp3) is 0.467. The highest BCUT2D eigenvalue weighted by atomic mass is 16.5. The van der Waals surface area contributed by atoms with Gasteiger partial charge in [0.15, 0.2) is 23.9 Å². The van der Waals surface area contributed by atoms with Gasteiger partial charge >= 0.3 is 0 Å². The van der Waals surface area contributed by atoms with Gasteiger partial charge in [-0.1, -0.05) is 24.2 Å². The van der Waals surface area contributed by atoms with Crippen LogP contribution in [0.3, 0.4) is 0 Å². The summed E-state index contributed by atoms with van der Waals surface area (Å²) in [6, 6.07) is 5.79. The first-order chi connectivity index (χ1) is 10.3. The zero-order chi connectivity index (χ0) is 15.1. The van der Waals surface area contributed by atoms with E-state index in [1.54, 1.807) is 7.11 Å².